The minimum atomic E-state index is -0.288. The summed E-state index contributed by atoms with van der Waals surface area (Å²) in [6.07, 6.45) is 0.595. The molecule has 22 heavy (non-hydrogen) atoms. The molecule has 0 aliphatic rings. The van der Waals surface area contributed by atoms with Gasteiger partial charge in [-0.05, 0) is 26.0 Å². The summed E-state index contributed by atoms with van der Waals surface area (Å²) in [6.45, 7) is 4.25. The number of hydrogen-bond acceptors (Lipinski definition) is 5. The Morgan fingerprint density at radius 2 is 2.05 bits per heavy atom. The molecular formula is C15H17N5O2. The van der Waals surface area contributed by atoms with E-state index in [0.29, 0.717) is 35.9 Å². The van der Waals surface area contributed by atoms with E-state index in [0.717, 1.165) is 5.69 Å². The van der Waals surface area contributed by atoms with Gasteiger partial charge in [0.2, 0.25) is 0 Å². The Labute approximate surface area is 127 Å². The van der Waals surface area contributed by atoms with Crippen molar-refractivity contribution >= 4 is 5.69 Å². The van der Waals surface area contributed by atoms with Crippen molar-refractivity contribution in [2.24, 2.45) is 0 Å². The minimum Gasteiger partial charge on any atom is -0.385 e. The molecule has 0 fully saturated rings. The summed E-state index contributed by atoms with van der Waals surface area (Å²) in [5, 5.41) is 13.8. The highest BCUT2D eigenvalue weighted by molar-refractivity contribution is 5.43. The molecule has 0 atom stereocenters. The van der Waals surface area contributed by atoms with Crippen LogP contribution in [0.1, 0.15) is 17.3 Å². The van der Waals surface area contributed by atoms with Gasteiger partial charge in [-0.15, -0.1) is 0 Å². The van der Waals surface area contributed by atoms with Crippen molar-refractivity contribution in [1.29, 1.82) is 0 Å². The SMILES string of the molecule is Cc1noc(C)c1-n1c(CCNc2ccccc2)n[nH]c1=O. The predicted octanol–water partition coefficient (Wildman–Crippen LogP) is 1.82. The van der Waals surface area contributed by atoms with Gasteiger partial charge in [0, 0.05) is 18.7 Å². The summed E-state index contributed by atoms with van der Waals surface area (Å²) in [7, 11) is 0. The molecule has 0 radical (unpaired) electrons. The van der Waals surface area contributed by atoms with E-state index in [4.69, 9.17) is 4.52 Å². The van der Waals surface area contributed by atoms with E-state index >= 15 is 0 Å². The first-order chi connectivity index (χ1) is 10.7. The number of hydrogen-bond donors (Lipinski definition) is 2. The van der Waals surface area contributed by atoms with Gasteiger partial charge in [-0.2, -0.15) is 5.10 Å². The maximum absolute atomic E-state index is 12.0. The molecule has 0 bridgehead atoms. The lowest BCUT2D eigenvalue weighted by Gasteiger charge is -2.07. The predicted molar refractivity (Wildman–Crippen MR) is 82.4 cm³/mol. The van der Waals surface area contributed by atoms with Crippen LogP contribution in [-0.2, 0) is 6.42 Å². The normalized spacial score (nSPS) is 10.8. The van der Waals surface area contributed by atoms with Gasteiger partial charge in [-0.3, -0.25) is 0 Å². The van der Waals surface area contributed by atoms with Crippen LogP contribution in [-0.4, -0.2) is 26.5 Å². The molecule has 2 N–H and O–H groups in total. The third kappa shape index (κ3) is 2.65. The third-order valence-corrected chi connectivity index (χ3v) is 3.41. The van der Waals surface area contributed by atoms with Crippen molar-refractivity contribution in [2.45, 2.75) is 20.3 Å². The molecule has 0 amide bonds. The largest absolute Gasteiger partial charge is 0.385 e. The van der Waals surface area contributed by atoms with E-state index in [1.807, 2.05) is 30.3 Å². The highest BCUT2D eigenvalue weighted by Crippen LogP contribution is 2.17. The van der Waals surface area contributed by atoms with Crippen molar-refractivity contribution in [3.05, 3.63) is 58.1 Å². The number of benzene rings is 1. The van der Waals surface area contributed by atoms with Gasteiger partial charge in [-0.1, -0.05) is 23.4 Å². The second-order valence-corrected chi connectivity index (χ2v) is 5.00. The number of anilines is 1. The Balaban J connectivity index is 1.80. The lowest BCUT2D eigenvalue weighted by molar-refractivity contribution is 0.393. The summed E-state index contributed by atoms with van der Waals surface area (Å²) in [6, 6.07) is 9.89. The smallest absolute Gasteiger partial charge is 0.348 e. The van der Waals surface area contributed by atoms with Crippen LogP contribution in [0.4, 0.5) is 5.69 Å². The molecule has 3 rings (SSSR count). The molecule has 0 aliphatic heterocycles. The summed E-state index contributed by atoms with van der Waals surface area (Å²) in [4.78, 5) is 12.0. The number of nitrogens with zero attached hydrogens (tertiary/aromatic N) is 3. The average molecular weight is 299 g/mol. The van der Waals surface area contributed by atoms with E-state index in [-0.39, 0.29) is 5.69 Å². The summed E-state index contributed by atoms with van der Waals surface area (Å²) >= 11 is 0. The van der Waals surface area contributed by atoms with Gasteiger partial charge in [0.1, 0.15) is 17.2 Å². The van der Waals surface area contributed by atoms with Gasteiger partial charge in [0.25, 0.3) is 0 Å². The van der Waals surface area contributed by atoms with Crippen molar-refractivity contribution in [2.75, 3.05) is 11.9 Å². The fourth-order valence-corrected chi connectivity index (χ4v) is 2.40. The molecule has 0 aliphatic carbocycles. The molecule has 0 unspecified atom stereocenters. The van der Waals surface area contributed by atoms with Crippen LogP contribution < -0.4 is 11.0 Å². The van der Waals surface area contributed by atoms with Crippen LogP contribution in [0, 0.1) is 13.8 Å². The summed E-state index contributed by atoms with van der Waals surface area (Å²) in [5.74, 6) is 1.24. The van der Waals surface area contributed by atoms with Gasteiger partial charge in [-0.25, -0.2) is 14.5 Å². The number of rotatable bonds is 5. The first-order valence-electron chi connectivity index (χ1n) is 7.05. The monoisotopic (exact) mass is 299 g/mol. The molecule has 2 aromatic heterocycles. The summed E-state index contributed by atoms with van der Waals surface area (Å²) < 4.78 is 6.66. The third-order valence-electron chi connectivity index (χ3n) is 3.41. The first-order valence-corrected chi connectivity index (χ1v) is 7.05. The fraction of sp³-hybridized carbons (Fsp3) is 0.267. The Bertz CT molecular complexity index is 797. The van der Waals surface area contributed by atoms with E-state index in [1.54, 1.807) is 13.8 Å². The maximum atomic E-state index is 12.0. The van der Waals surface area contributed by atoms with Crippen LogP contribution in [0.25, 0.3) is 5.69 Å². The zero-order chi connectivity index (χ0) is 15.5. The quantitative estimate of drug-likeness (QED) is 0.750. The zero-order valence-electron chi connectivity index (χ0n) is 12.5. The molecule has 114 valence electrons. The van der Waals surface area contributed by atoms with Crippen molar-refractivity contribution in [1.82, 2.24) is 19.9 Å². The van der Waals surface area contributed by atoms with Gasteiger partial charge < -0.3 is 9.84 Å². The molecule has 7 nitrogen and oxygen atoms in total. The van der Waals surface area contributed by atoms with Gasteiger partial charge in [0.05, 0.1) is 0 Å². The summed E-state index contributed by atoms with van der Waals surface area (Å²) in [5.41, 5.74) is 2.07. The molecule has 7 heteroatoms. The lowest BCUT2D eigenvalue weighted by Crippen LogP contribution is -2.19. The lowest BCUT2D eigenvalue weighted by atomic mass is 10.3. The molecule has 0 spiro atoms. The number of para-hydroxylation sites is 1. The number of H-pyrrole nitrogens is 1. The standard InChI is InChI=1S/C15H17N5O2/c1-10-14(11(2)22-19-10)20-13(17-18-15(20)21)8-9-16-12-6-4-3-5-7-12/h3-7,16H,8-9H2,1-2H3,(H,18,21). The van der Waals surface area contributed by atoms with Gasteiger partial charge in [0.15, 0.2) is 5.76 Å². The van der Waals surface area contributed by atoms with Crippen molar-refractivity contribution in [3.8, 4) is 5.69 Å². The number of nitrogens with one attached hydrogen (secondary N) is 2. The van der Waals surface area contributed by atoms with Crippen LogP contribution in [0.15, 0.2) is 39.6 Å². The minimum absolute atomic E-state index is 0.288. The maximum Gasteiger partial charge on any atom is 0.348 e. The van der Waals surface area contributed by atoms with Crippen LogP contribution in [0.3, 0.4) is 0 Å². The Morgan fingerprint density at radius 1 is 1.27 bits per heavy atom. The van der Waals surface area contributed by atoms with Crippen LogP contribution in [0.2, 0.25) is 0 Å². The Hall–Kier alpha value is -2.83. The first kappa shape index (κ1) is 14.1. The second kappa shape index (κ2) is 5.88. The second-order valence-electron chi connectivity index (χ2n) is 5.00. The highest BCUT2D eigenvalue weighted by Gasteiger charge is 2.18. The molecule has 2 heterocycles. The molecule has 3 aromatic rings. The fourth-order valence-electron chi connectivity index (χ4n) is 2.40. The van der Waals surface area contributed by atoms with Crippen LogP contribution >= 0.6 is 0 Å². The molecular weight excluding hydrogens is 282 g/mol. The van der Waals surface area contributed by atoms with Gasteiger partial charge >= 0.3 is 5.69 Å². The van der Waals surface area contributed by atoms with E-state index in [1.165, 1.54) is 4.57 Å². The Morgan fingerprint density at radius 3 is 2.73 bits per heavy atom. The number of aryl methyl sites for hydroxylation is 2. The van der Waals surface area contributed by atoms with E-state index in [9.17, 15) is 4.79 Å². The van der Waals surface area contributed by atoms with Crippen molar-refractivity contribution in [3.63, 3.8) is 0 Å². The molecule has 1 aromatic carbocycles. The average Bonchev–Trinajstić information content (AvgIpc) is 3.03. The molecule has 0 saturated heterocycles. The number of aromatic amines is 1. The zero-order valence-corrected chi connectivity index (χ0v) is 12.5. The Kier molecular flexibility index (Phi) is 3.78. The van der Waals surface area contributed by atoms with Crippen LogP contribution in [0.5, 0.6) is 0 Å². The number of aromatic nitrogens is 4. The van der Waals surface area contributed by atoms with Crippen molar-refractivity contribution < 1.29 is 4.52 Å². The van der Waals surface area contributed by atoms with E-state index in [2.05, 4.69) is 20.7 Å². The molecule has 0 saturated carbocycles. The van der Waals surface area contributed by atoms with E-state index < -0.39 is 0 Å². The highest BCUT2D eigenvalue weighted by atomic mass is 16.5. The topological polar surface area (TPSA) is 88.7 Å².